The number of H-pyrrole nitrogens is 1. The van der Waals surface area contributed by atoms with Crippen molar-refractivity contribution >= 4 is 44.1 Å². The fourth-order valence-corrected chi connectivity index (χ4v) is 4.93. The molecule has 0 bridgehead atoms. The molecule has 0 aliphatic rings. The van der Waals surface area contributed by atoms with Gasteiger partial charge in [0, 0.05) is 35.6 Å². The molecule has 36 heavy (non-hydrogen) atoms. The number of nitrogens with two attached hydrogens (primary N) is 1. The third-order valence-corrected chi connectivity index (χ3v) is 6.92. The molecule has 188 valence electrons. The van der Waals surface area contributed by atoms with Crippen molar-refractivity contribution in [3.05, 3.63) is 82.4 Å². The summed E-state index contributed by atoms with van der Waals surface area (Å²) in [5, 5.41) is 4.97. The van der Waals surface area contributed by atoms with E-state index in [1.807, 2.05) is 0 Å². The Bertz CT molecular complexity index is 1570. The molecule has 3 aromatic heterocycles. The van der Waals surface area contributed by atoms with Gasteiger partial charge in [0.25, 0.3) is 0 Å². The molecule has 0 aliphatic heterocycles. The highest BCUT2D eigenvalue weighted by Gasteiger charge is 2.35. The lowest BCUT2D eigenvalue weighted by molar-refractivity contribution is -0.397. The Kier molecular flexibility index (Phi) is 7.03. The van der Waals surface area contributed by atoms with Crippen LogP contribution in [0.4, 0.5) is 18.9 Å². The number of fused-ring (bicyclic) bond motifs is 1. The number of aryl methyl sites for hydroxylation is 1. The zero-order valence-corrected chi connectivity index (χ0v) is 20.5. The van der Waals surface area contributed by atoms with Crippen molar-refractivity contribution in [3.63, 3.8) is 0 Å². The summed E-state index contributed by atoms with van der Waals surface area (Å²) in [4.78, 5) is 16.3. The van der Waals surface area contributed by atoms with Gasteiger partial charge < -0.3 is 9.82 Å². The molecule has 0 unspecified atom stereocenters. The molecule has 3 N–H and O–H groups in total. The molecular formula is C23H20ClF3N5O3S+. The lowest BCUT2D eigenvalue weighted by atomic mass is 10.0. The minimum atomic E-state index is -4.71. The summed E-state index contributed by atoms with van der Waals surface area (Å²) in [6.45, 7) is 3.20. The molecule has 1 aromatic carbocycles. The van der Waals surface area contributed by atoms with Gasteiger partial charge in [-0.25, -0.2) is 14.7 Å². The first-order chi connectivity index (χ1) is 17.0. The lowest BCUT2D eigenvalue weighted by Gasteiger charge is -2.13. The largest absolute Gasteiger partial charge is 0.416 e. The topological polar surface area (TPSA) is 114 Å². The first-order valence-corrected chi connectivity index (χ1v) is 12.5. The number of halogens is 4. The molecule has 0 fully saturated rings. The summed E-state index contributed by atoms with van der Waals surface area (Å²) in [7, 11) is -4.36. The van der Waals surface area contributed by atoms with Crippen molar-refractivity contribution in [2.24, 2.45) is 5.16 Å². The van der Waals surface area contributed by atoms with E-state index in [0.717, 1.165) is 16.9 Å². The molecule has 0 atom stereocenters. The molecule has 8 nitrogen and oxygen atoms in total. The third kappa shape index (κ3) is 5.20. The summed E-state index contributed by atoms with van der Waals surface area (Å²) in [6.07, 6.45) is -0.178. The first-order valence-electron chi connectivity index (χ1n) is 10.6. The van der Waals surface area contributed by atoms with Crippen LogP contribution < -0.4 is 4.72 Å². The number of alkyl halides is 3. The number of benzene rings is 1. The van der Waals surface area contributed by atoms with Gasteiger partial charge in [0.2, 0.25) is 0 Å². The summed E-state index contributed by atoms with van der Waals surface area (Å²) in [5.41, 5.74) is 0.303. The Hall–Kier alpha value is -3.48. The monoisotopic (exact) mass is 538 g/mol. The maximum Gasteiger partial charge on any atom is 0.416 e. The molecule has 0 saturated carbocycles. The second-order valence-corrected chi connectivity index (χ2v) is 9.92. The summed E-state index contributed by atoms with van der Waals surface area (Å²) < 4.78 is 67.5. The Morgan fingerprint density at radius 3 is 2.69 bits per heavy atom. The molecule has 0 aliphatic carbocycles. The van der Waals surface area contributed by atoms with Crippen molar-refractivity contribution in [2.75, 3.05) is 6.61 Å². The lowest BCUT2D eigenvalue weighted by Crippen LogP contribution is -2.81. The van der Waals surface area contributed by atoms with Crippen molar-refractivity contribution in [3.8, 4) is 0 Å². The van der Waals surface area contributed by atoms with Gasteiger partial charge in [-0.3, -0.25) is 0 Å². The number of sulfonamides is 1. The molecule has 3 heterocycles. The molecule has 4 aromatic rings. The van der Waals surface area contributed by atoms with Crippen LogP contribution in [-0.2, 0) is 21.0 Å². The van der Waals surface area contributed by atoms with Gasteiger partial charge >= 0.3 is 16.2 Å². The zero-order valence-electron chi connectivity index (χ0n) is 19.0. The van der Waals surface area contributed by atoms with E-state index in [-0.39, 0.29) is 34.3 Å². The van der Waals surface area contributed by atoms with E-state index >= 15 is 0 Å². The van der Waals surface area contributed by atoms with Crippen LogP contribution >= 0.6 is 11.6 Å². The Morgan fingerprint density at radius 1 is 1.19 bits per heavy atom. The number of quaternary nitrogens is 1. The van der Waals surface area contributed by atoms with Crippen LogP contribution in [0.5, 0.6) is 0 Å². The minimum absolute atomic E-state index is 0.0237. The molecule has 13 heteroatoms. The number of rotatable bonds is 7. The number of aromatic amines is 1. The van der Waals surface area contributed by atoms with E-state index in [0.29, 0.717) is 22.7 Å². The number of pyridine rings is 2. The zero-order chi connectivity index (χ0) is 26.1. The summed E-state index contributed by atoms with van der Waals surface area (Å²) in [6, 6.07) is 7.62. The average molecular weight is 539 g/mol. The maximum atomic E-state index is 13.4. The fourth-order valence-electron chi connectivity index (χ4n) is 3.58. The predicted molar refractivity (Wildman–Crippen MR) is 128 cm³/mol. The average Bonchev–Trinajstić information content (AvgIpc) is 3.29. The molecule has 4 rings (SSSR count). The van der Waals surface area contributed by atoms with Gasteiger partial charge in [-0.2, -0.15) is 21.6 Å². The SMILES string of the molecule is CCO/N=C(/c1ncc(Cl)cc1[NH2+]S(=O)(=O)c1ccc(C)c(C(F)(F)F)c1)c1ccnc2[nH]ccc12. The number of nitrogens with zero attached hydrogens (tertiary/aromatic N) is 3. The van der Waals surface area contributed by atoms with Gasteiger partial charge in [0.05, 0.1) is 10.6 Å². The highest BCUT2D eigenvalue weighted by Crippen LogP contribution is 2.33. The van der Waals surface area contributed by atoms with Crippen LogP contribution in [0, 0.1) is 6.92 Å². The van der Waals surface area contributed by atoms with E-state index in [2.05, 4.69) is 20.1 Å². The third-order valence-electron chi connectivity index (χ3n) is 5.23. The van der Waals surface area contributed by atoms with E-state index < -0.39 is 26.7 Å². The van der Waals surface area contributed by atoms with Gasteiger partial charge in [-0.05, 0) is 43.7 Å². The number of hydrogen-bond acceptors (Lipinski definition) is 6. The quantitative estimate of drug-likeness (QED) is 0.269. The Labute approximate surface area is 209 Å². The standard InChI is InChI=1S/C23H19ClF3N5O3S/c1-3-35-31-20(16-6-8-28-22-17(16)7-9-29-22)21-19(10-14(24)12-30-21)32-36(33,34)15-5-4-13(2)18(11-15)23(25,26)27/h4-12,32H,3H2,1-2H3,(H,28,29)/p+1/b31-20+. The van der Waals surface area contributed by atoms with Gasteiger partial charge in [0.1, 0.15) is 22.9 Å². The van der Waals surface area contributed by atoms with Crippen molar-refractivity contribution in [1.29, 1.82) is 0 Å². The smallest absolute Gasteiger partial charge is 0.396 e. The van der Waals surface area contributed by atoms with Crippen LogP contribution in [0.15, 0.2) is 65.0 Å². The second-order valence-electron chi connectivity index (χ2n) is 7.68. The number of nitrogens with one attached hydrogen (secondary N) is 1. The fraction of sp³-hybridized carbons (Fsp3) is 0.174. The first kappa shape index (κ1) is 25.6. The van der Waals surface area contributed by atoms with E-state index in [1.165, 1.54) is 25.4 Å². The van der Waals surface area contributed by atoms with Crippen LogP contribution in [0.25, 0.3) is 11.0 Å². The maximum absolute atomic E-state index is 13.4. The Balaban J connectivity index is 1.84. The van der Waals surface area contributed by atoms with E-state index in [9.17, 15) is 21.6 Å². The van der Waals surface area contributed by atoms with Crippen molar-refractivity contribution < 1.29 is 31.1 Å². The molecule has 0 spiro atoms. The van der Waals surface area contributed by atoms with Crippen LogP contribution in [0.2, 0.25) is 5.02 Å². The summed E-state index contributed by atoms with van der Waals surface area (Å²) in [5.74, 6) is 0. The van der Waals surface area contributed by atoms with Crippen molar-refractivity contribution in [2.45, 2.75) is 24.9 Å². The second kappa shape index (κ2) is 9.88. The number of aromatic nitrogens is 3. The van der Waals surface area contributed by atoms with Gasteiger partial charge in [-0.15, -0.1) is 0 Å². The number of primary sulfonamides is 1. The number of hydrogen-bond donors (Lipinski definition) is 2. The predicted octanol–water partition coefficient (Wildman–Crippen LogP) is 4.31. The van der Waals surface area contributed by atoms with Crippen LogP contribution in [0.1, 0.15) is 29.3 Å². The van der Waals surface area contributed by atoms with Crippen LogP contribution in [-0.4, -0.2) is 35.7 Å². The molecule has 0 radical (unpaired) electrons. The van der Waals surface area contributed by atoms with Gasteiger partial charge in [0.15, 0.2) is 11.4 Å². The van der Waals surface area contributed by atoms with E-state index in [1.54, 1.807) is 25.3 Å². The number of oxime groups is 1. The summed E-state index contributed by atoms with van der Waals surface area (Å²) >= 11 is 6.12. The minimum Gasteiger partial charge on any atom is -0.396 e. The molecule has 0 amide bonds. The molecular weight excluding hydrogens is 519 g/mol. The van der Waals surface area contributed by atoms with E-state index in [4.69, 9.17) is 16.4 Å². The van der Waals surface area contributed by atoms with Gasteiger partial charge in [-0.1, -0.05) is 22.8 Å². The van der Waals surface area contributed by atoms with Crippen molar-refractivity contribution in [1.82, 2.24) is 15.0 Å². The highest BCUT2D eigenvalue weighted by molar-refractivity contribution is 7.85. The Morgan fingerprint density at radius 2 is 1.97 bits per heavy atom. The molecule has 0 saturated heterocycles. The van der Waals surface area contributed by atoms with Crippen LogP contribution in [0.3, 0.4) is 0 Å². The normalized spacial score (nSPS) is 12.8. The highest BCUT2D eigenvalue weighted by atomic mass is 35.5.